The van der Waals surface area contributed by atoms with Gasteiger partial charge in [0.05, 0.1) is 5.56 Å². The van der Waals surface area contributed by atoms with Crippen LogP contribution in [0.3, 0.4) is 0 Å². The van der Waals surface area contributed by atoms with E-state index in [4.69, 9.17) is 0 Å². The summed E-state index contributed by atoms with van der Waals surface area (Å²) >= 11 is 3.11. The summed E-state index contributed by atoms with van der Waals surface area (Å²) < 4.78 is 25.2. The van der Waals surface area contributed by atoms with E-state index in [1.807, 2.05) is 0 Å². The molecule has 0 fully saturated rings. The van der Waals surface area contributed by atoms with Crippen LogP contribution in [0.25, 0.3) is 0 Å². The topological polar surface area (TPSA) is 30.0 Å². The third-order valence-corrected chi connectivity index (χ3v) is 2.50. The minimum atomic E-state index is -2.67. The van der Waals surface area contributed by atoms with E-state index in [0.717, 1.165) is 0 Å². The normalized spacial score (nSPS) is 10.6. The molecular formula is C9H8BrF2NO. The van der Waals surface area contributed by atoms with Crippen LogP contribution in [0.5, 0.6) is 0 Å². The standard InChI is InChI=1S/C9H8BrF2NO/c1-5-3-13-7(4-14)8(9(11)12)6(5)2-10/h3-4,9H,2H2,1H3. The summed E-state index contributed by atoms with van der Waals surface area (Å²) in [6.07, 6.45) is -0.894. The van der Waals surface area contributed by atoms with E-state index >= 15 is 0 Å². The molecule has 0 aliphatic carbocycles. The minimum absolute atomic E-state index is 0.181. The molecule has 0 bridgehead atoms. The first kappa shape index (κ1) is 11.2. The van der Waals surface area contributed by atoms with Crippen molar-refractivity contribution in [3.05, 3.63) is 28.6 Å². The Labute approximate surface area is 88.5 Å². The molecule has 5 heteroatoms. The maximum absolute atomic E-state index is 12.6. The summed E-state index contributed by atoms with van der Waals surface area (Å²) in [5.41, 5.74) is 0.650. The first-order chi connectivity index (χ1) is 6.61. The highest BCUT2D eigenvalue weighted by molar-refractivity contribution is 9.08. The molecule has 14 heavy (non-hydrogen) atoms. The molecule has 1 heterocycles. The van der Waals surface area contributed by atoms with Crippen molar-refractivity contribution in [2.45, 2.75) is 18.7 Å². The second-order valence-electron chi connectivity index (χ2n) is 2.77. The molecule has 0 aliphatic rings. The van der Waals surface area contributed by atoms with E-state index in [0.29, 0.717) is 22.7 Å². The van der Waals surface area contributed by atoms with Crippen molar-refractivity contribution in [1.29, 1.82) is 0 Å². The highest BCUT2D eigenvalue weighted by atomic mass is 79.9. The Hall–Kier alpha value is -0.840. The van der Waals surface area contributed by atoms with Crippen LogP contribution in [0.15, 0.2) is 6.20 Å². The summed E-state index contributed by atoms with van der Waals surface area (Å²) in [5.74, 6) is 0. The number of pyridine rings is 1. The number of alkyl halides is 3. The predicted molar refractivity (Wildman–Crippen MR) is 51.9 cm³/mol. The van der Waals surface area contributed by atoms with Gasteiger partial charge in [-0.3, -0.25) is 9.78 Å². The zero-order valence-electron chi connectivity index (χ0n) is 7.43. The molecule has 1 aromatic heterocycles. The number of hydrogen-bond donors (Lipinski definition) is 0. The van der Waals surface area contributed by atoms with Crippen molar-refractivity contribution >= 4 is 22.2 Å². The molecule has 0 spiro atoms. The summed E-state index contributed by atoms with van der Waals surface area (Å²) in [6.45, 7) is 1.68. The lowest BCUT2D eigenvalue weighted by atomic mass is 10.0. The fourth-order valence-electron chi connectivity index (χ4n) is 1.20. The average Bonchev–Trinajstić information content (AvgIpc) is 2.17. The largest absolute Gasteiger partial charge is 0.296 e. The molecule has 1 rings (SSSR count). The number of aromatic nitrogens is 1. The lowest BCUT2D eigenvalue weighted by Gasteiger charge is -2.10. The van der Waals surface area contributed by atoms with E-state index in [-0.39, 0.29) is 11.3 Å². The van der Waals surface area contributed by atoms with Crippen LogP contribution in [0.2, 0.25) is 0 Å². The summed E-state index contributed by atoms with van der Waals surface area (Å²) in [6, 6.07) is 0. The molecule has 76 valence electrons. The van der Waals surface area contributed by atoms with Gasteiger partial charge in [-0.05, 0) is 18.1 Å². The third-order valence-electron chi connectivity index (χ3n) is 1.94. The van der Waals surface area contributed by atoms with Gasteiger partial charge in [-0.1, -0.05) is 15.9 Å². The summed E-state index contributed by atoms with van der Waals surface area (Å²) in [5, 5.41) is 0.294. The number of carbonyl (C=O) groups excluding carboxylic acids is 1. The molecule has 0 amide bonds. The van der Waals surface area contributed by atoms with E-state index in [9.17, 15) is 13.6 Å². The van der Waals surface area contributed by atoms with Gasteiger partial charge in [0.1, 0.15) is 5.69 Å². The number of rotatable bonds is 3. The van der Waals surface area contributed by atoms with Gasteiger partial charge in [0.25, 0.3) is 6.43 Å². The summed E-state index contributed by atoms with van der Waals surface area (Å²) in [4.78, 5) is 14.2. The molecule has 2 nitrogen and oxygen atoms in total. The van der Waals surface area contributed by atoms with Crippen molar-refractivity contribution in [1.82, 2.24) is 4.98 Å². The first-order valence-corrected chi connectivity index (χ1v) is 5.01. The molecule has 0 saturated heterocycles. The maximum Gasteiger partial charge on any atom is 0.266 e. The zero-order chi connectivity index (χ0) is 10.7. The lowest BCUT2D eigenvalue weighted by molar-refractivity contribution is 0.110. The predicted octanol–water partition coefficient (Wildman–Crippen LogP) is 3.04. The monoisotopic (exact) mass is 263 g/mol. The van der Waals surface area contributed by atoms with E-state index in [2.05, 4.69) is 20.9 Å². The van der Waals surface area contributed by atoms with Crippen molar-refractivity contribution in [3.8, 4) is 0 Å². The molecule has 0 aliphatic heterocycles. The van der Waals surface area contributed by atoms with Crippen LogP contribution in [0.4, 0.5) is 8.78 Å². The van der Waals surface area contributed by atoms with Gasteiger partial charge in [-0.25, -0.2) is 8.78 Å². The molecule has 0 saturated carbocycles. The van der Waals surface area contributed by atoms with E-state index < -0.39 is 6.43 Å². The second kappa shape index (κ2) is 4.59. The van der Waals surface area contributed by atoms with Gasteiger partial charge in [-0.15, -0.1) is 0 Å². The fraction of sp³-hybridized carbons (Fsp3) is 0.333. The maximum atomic E-state index is 12.6. The van der Waals surface area contributed by atoms with Gasteiger partial charge in [0, 0.05) is 11.5 Å². The van der Waals surface area contributed by atoms with E-state index in [1.54, 1.807) is 6.92 Å². The first-order valence-electron chi connectivity index (χ1n) is 3.89. The fourth-order valence-corrected chi connectivity index (χ4v) is 1.94. The van der Waals surface area contributed by atoms with Crippen LogP contribution < -0.4 is 0 Å². The minimum Gasteiger partial charge on any atom is -0.296 e. The van der Waals surface area contributed by atoms with Gasteiger partial charge in [0.15, 0.2) is 6.29 Å². The molecule has 0 unspecified atom stereocenters. The van der Waals surface area contributed by atoms with Crippen LogP contribution in [-0.4, -0.2) is 11.3 Å². The number of halogens is 3. The Morgan fingerprint density at radius 2 is 2.29 bits per heavy atom. The Balaban J connectivity index is 3.43. The molecule has 0 radical (unpaired) electrons. The number of hydrogen-bond acceptors (Lipinski definition) is 2. The molecule has 0 aromatic carbocycles. The highest BCUT2D eigenvalue weighted by Gasteiger charge is 2.19. The van der Waals surface area contributed by atoms with Crippen molar-refractivity contribution in [2.24, 2.45) is 0 Å². The SMILES string of the molecule is Cc1cnc(C=O)c(C(F)F)c1CBr. The molecule has 1 aromatic rings. The van der Waals surface area contributed by atoms with Gasteiger partial charge in [0.2, 0.25) is 0 Å². The lowest BCUT2D eigenvalue weighted by Crippen LogP contribution is -2.04. The van der Waals surface area contributed by atoms with Crippen LogP contribution in [0.1, 0.15) is 33.6 Å². The molecule has 0 N–H and O–H groups in total. The number of carbonyl (C=O) groups is 1. The van der Waals surface area contributed by atoms with Crippen LogP contribution in [0, 0.1) is 6.92 Å². The quantitative estimate of drug-likeness (QED) is 0.620. The van der Waals surface area contributed by atoms with Crippen molar-refractivity contribution in [3.63, 3.8) is 0 Å². The highest BCUT2D eigenvalue weighted by Crippen LogP contribution is 2.28. The van der Waals surface area contributed by atoms with Crippen molar-refractivity contribution < 1.29 is 13.6 Å². The third kappa shape index (κ3) is 1.97. The van der Waals surface area contributed by atoms with Gasteiger partial charge in [-0.2, -0.15) is 0 Å². The molecule has 0 atom stereocenters. The Bertz CT molecular complexity index is 355. The Morgan fingerprint density at radius 1 is 1.64 bits per heavy atom. The Kier molecular flexibility index (Phi) is 3.69. The van der Waals surface area contributed by atoms with Gasteiger partial charge < -0.3 is 0 Å². The molecular weight excluding hydrogens is 256 g/mol. The van der Waals surface area contributed by atoms with Crippen LogP contribution in [-0.2, 0) is 5.33 Å². The average molecular weight is 264 g/mol. The zero-order valence-corrected chi connectivity index (χ0v) is 9.01. The van der Waals surface area contributed by atoms with Crippen LogP contribution >= 0.6 is 15.9 Å². The Morgan fingerprint density at radius 3 is 2.71 bits per heavy atom. The number of nitrogens with zero attached hydrogens (tertiary/aromatic N) is 1. The van der Waals surface area contributed by atoms with Crippen molar-refractivity contribution in [2.75, 3.05) is 0 Å². The number of aryl methyl sites for hydroxylation is 1. The summed E-state index contributed by atoms with van der Waals surface area (Å²) in [7, 11) is 0. The van der Waals surface area contributed by atoms with Gasteiger partial charge >= 0.3 is 0 Å². The van der Waals surface area contributed by atoms with E-state index in [1.165, 1.54) is 6.20 Å². The second-order valence-corrected chi connectivity index (χ2v) is 3.33. The number of aldehydes is 1. The smallest absolute Gasteiger partial charge is 0.266 e.